The Morgan fingerprint density at radius 1 is 1.47 bits per heavy atom. The fourth-order valence-corrected chi connectivity index (χ4v) is 3.04. The molecule has 102 valence electrons. The molecule has 1 aromatic heterocycles. The first-order chi connectivity index (χ1) is 8.88. The van der Waals surface area contributed by atoms with Crippen LogP contribution in [-0.2, 0) is 23.6 Å². The van der Waals surface area contributed by atoms with Gasteiger partial charge in [0.1, 0.15) is 5.82 Å². The number of rotatable bonds is 4. The minimum absolute atomic E-state index is 0.00432. The molecule has 19 heavy (non-hydrogen) atoms. The van der Waals surface area contributed by atoms with Crippen LogP contribution in [0.25, 0.3) is 0 Å². The van der Waals surface area contributed by atoms with Gasteiger partial charge in [0.2, 0.25) is 10.0 Å². The molecule has 0 fully saturated rings. The molecule has 1 N–H and O–H groups in total. The highest BCUT2D eigenvalue weighted by molar-refractivity contribution is 9.10. The third kappa shape index (κ3) is 3.40. The maximum Gasteiger partial charge on any atom is 0.240 e. The zero-order valence-electron chi connectivity index (χ0n) is 9.97. The molecule has 0 spiro atoms. The lowest BCUT2D eigenvalue weighted by Crippen LogP contribution is -2.23. The van der Waals surface area contributed by atoms with Crippen LogP contribution in [0.5, 0.6) is 0 Å². The summed E-state index contributed by atoms with van der Waals surface area (Å²) in [5.74, 6) is -0.508. The van der Waals surface area contributed by atoms with Gasteiger partial charge >= 0.3 is 0 Å². The van der Waals surface area contributed by atoms with E-state index in [0.717, 1.165) is 11.6 Å². The smallest absolute Gasteiger partial charge is 0.240 e. The van der Waals surface area contributed by atoms with Gasteiger partial charge in [0.05, 0.1) is 15.6 Å². The van der Waals surface area contributed by atoms with E-state index < -0.39 is 15.8 Å². The highest BCUT2D eigenvalue weighted by Gasteiger charge is 2.15. The van der Waals surface area contributed by atoms with Gasteiger partial charge in [-0.3, -0.25) is 4.68 Å². The molecule has 0 bridgehead atoms. The van der Waals surface area contributed by atoms with Gasteiger partial charge in [-0.25, -0.2) is 17.5 Å². The standard InChI is InChI=1S/C11H11BrFN3O2S/c1-16-7-8(5-14-16)6-15-19(17,18)9-2-3-11(13)10(12)4-9/h2-5,7,15H,6H2,1H3. The zero-order chi connectivity index (χ0) is 14.0. The van der Waals surface area contributed by atoms with Crippen molar-refractivity contribution in [3.05, 3.63) is 46.4 Å². The number of benzene rings is 1. The molecule has 0 saturated heterocycles. The second-order valence-corrected chi connectivity index (χ2v) is 6.54. The number of nitrogens with zero attached hydrogens (tertiary/aromatic N) is 2. The molecule has 8 heteroatoms. The van der Waals surface area contributed by atoms with Gasteiger partial charge in [-0.05, 0) is 34.1 Å². The SMILES string of the molecule is Cn1cc(CNS(=O)(=O)c2ccc(F)c(Br)c2)cn1. The number of nitrogens with one attached hydrogen (secondary N) is 1. The average Bonchev–Trinajstić information content (AvgIpc) is 2.76. The van der Waals surface area contributed by atoms with E-state index in [9.17, 15) is 12.8 Å². The summed E-state index contributed by atoms with van der Waals surface area (Å²) in [6.45, 7) is 0.130. The molecule has 0 amide bonds. The van der Waals surface area contributed by atoms with Crippen LogP contribution >= 0.6 is 15.9 Å². The monoisotopic (exact) mass is 347 g/mol. The molecule has 0 aliphatic heterocycles. The van der Waals surface area contributed by atoms with Gasteiger partial charge in [0, 0.05) is 25.4 Å². The van der Waals surface area contributed by atoms with Crippen LogP contribution in [0.4, 0.5) is 4.39 Å². The van der Waals surface area contributed by atoms with Crippen LogP contribution in [-0.4, -0.2) is 18.2 Å². The maximum absolute atomic E-state index is 13.1. The molecule has 0 radical (unpaired) electrons. The molecule has 0 unspecified atom stereocenters. The first kappa shape index (κ1) is 14.2. The van der Waals surface area contributed by atoms with Crippen molar-refractivity contribution in [2.24, 2.45) is 7.05 Å². The molecule has 0 aliphatic carbocycles. The first-order valence-corrected chi connectivity index (χ1v) is 7.58. The predicted octanol–water partition coefficient (Wildman–Crippen LogP) is 1.80. The lowest BCUT2D eigenvalue weighted by atomic mass is 10.3. The largest absolute Gasteiger partial charge is 0.275 e. The summed E-state index contributed by atoms with van der Waals surface area (Å²) in [6.07, 6.45) is 3.28. The van der Waals surface area contributed by atoms with E-state index in [2.05, 4.69) is 25.8 Å². The van der Waals surface area contributed by atoms with Crippen LogP contribution in [0.1, 0.15) is 5.56 Å². The molecule has 5 nitrogen and oxygen atoms in total. The van der Waals surface area contributed by atoms with Crippen molar-refractivity contribution in [1.82, 2.24) is 14.5 Å². The Bertz CT molecular complexity index is 700. The molecule has 2 aromatic rings. The van der Waals surface area contributed by atoms with E-state index in [1.807, 2.05) is 0 Å². The van der Waals surface area contributed by atoms with Gasteiger partial charge in [-0.1, -0.05) is 0 Å². The number of halogens is 2. The van der Waals surface area contributed by atoms with Crippen molar-refractivity contribution < 1.29 is 12.8 Å². The Balaban J connectivity index is 2.16. The van der Waals surface area contributed by atoms with Crippen molar-refractivity contribution >= 4 is 26.0 Å². The molecular weight excluding hydrogens is 337 g/mol. The molecule has 0 atom stereocenters. The summed E-state index contributed by atoms with van der Waals surface area (Å²) in [6, 6.07) is 3.54. The topological polar surface area (TPSA) is 64.0 Å². The summed E-state index contributed by atoms with van der Waals surface area (Å²) in [5, 5.41) is 3.94. The van der Waals surface area contributed by atoms with Crippen molar-refractivity contribution in [3.63, 3.8) is 0 Å². The molecule has 0 aliphatic rings. The Hall–Kier alpha value is -1.25. The third-order valence-corrected chi connectivity index (χ3v) is 4.43. The quantitative estimate of drug-likeness (QED) is 0.917. The fourth-order valence-electron chi connectivity index (χ4n) is 1.47. The second kappa shape index (κ2) is 5.40. The normalized spacial score (nSPS) is 11.7. The Morgan fingerprint density at radius 2 is 2.21 bits per heavy atom. The van der Waals surface area contributed by atoms with Gasteiger partial charge in [0.25, 0.3) is 0 Å². The zero-order valence-corrected chi connectivity index (χ0v) is 12.4. The van der Waals surface area contributed by atoms with Crippen LogP contribution in [0.15, 0.2) is 40.0 Å². The van der Waals surface area contributed by atoms with Crippen molar-refractivity contribution in [2.75, 3.05) is 0 Å². The number of aromatic nitrogens is 2. The first-order valence-electron chi connectivity index (χ1n) is 5.31. The van der Waals surface area contributed by atoms with Gasteiger partial charge in [0.15, 0.2) is 0 Å². The van der Waals surface area contributed by atoms with E-state index in [-0.39, 0.29) is 15.9 Å². The maximum atomic E-state index is 13.1. The van der Waals surface area contributed by atoms with Gasteiger partial charge in [-0.2, -0.15) is 5.10 Å². The second-order valence-electron chi connectivity index (χ2n) is 3.92. The van der Waals surface area contributed by atoms with Crippen molar-refractivity contribution in [1.29, 1.82) is 0 Å². The van der Waals surface area contributed by atoms with Crippen LogP contribution in [0, 0.1) is 5.82 Å². The summed E-state index contributed by atoms with van der Waals surface area (Å²) in [7, 11) is -1.93. The Morgan fingerprint density at radius 3 is 2.79 bits per heavy atom. The minimum atomic E-state index is -3.67. The molecule has 1 heterocycles. The van der Waals surface area contributed by atoms with Gasteiger partial charge < -0.3 is 0 Å². The molecule has 1 aromatic carbocycles. The van der Waals surface area contributed by atoms with Gasteiger partial charge in [-0.15, -0.1) is 0 Å². The Kier molecular flexibility index (Phi) is 4.02. The van der Waals surface area contributed by atoms with E-state index in [4.69, 9.17) is 0 Å². The Labute approximate surface area is 118 Å². The number of aryl methyl sites for hydroxylation is 1. The summed E-state index contributed by atoms with van der Waals surface area (Å²) in [5.41, 5.74) is 0.743. The lowest BCUT2D eigenvalue weighted by Gasteiger charge is -2.06. The molecule has 2 rings (SSSR count). The minimum Gasteiger partial charge on any atom is -0.275 e. The summed E-state index contributed by atoms with van der Waals surface area (Å²) < 4.78 is 41.2. The fraction of sp³-hybridized carbons (Fsp3) is 0.182. The summed E-state index contributed by atoms with van der Waals surface area (Å²) in [4.78, 5) is 0.00432. The molecule has 0 saturated carbocycles. The van der Waals surface area contributed by atoms with E-state index >= 15 is 0 Å². The van der Waals surface area contributed by atoms with Crippen LogP contribution in [0.3, 0.4) is 0 Å². The summed E-state index contributed by atoms with van der Waals surface area (Å²) >= 11 is 2.96. The van der Waals surface area contributed by atoms with E-state index in [1.54, 1.807) is 24.1 Å². The highest BCUT2D eigenvalue weighted by atomic mass is 79.9. The number of sulfonamides is 1. The lowest BCUT2D eigenvalue weighted by molar-refractivity contribution is 0.580. The van der Waals surface area contributed by atoms with E-state index in [1.165, 1.54) is 12.1 Å². The van der Waals surface area contributed by atoms with Crippen molar-refractivity contribution in [3.8, 4) is 0 Å². The molecular formula is C11H11BrFN3O2S. The highest BCUT2D eigenvalue weighted by Crippen LogP contribution is 2.20. The number of hydrogen-bond donors (Lipinski definition) is 1. The van der Waals surface area contributed by atoms with E-state index in [0.29, 0.717) is 0 Å². The number of hydrogen-bond acceptors (Lipinski definition) is 3. The predicted molar refractivity (Wildman–Crippen MR) is 71.3 cm³/mol. The van der Waals surface area contributed by atoms with Crippen LogP contribution in [0.2, 0.25) is 0 Å². The van der Waals surface area contributed by atoms with Crippen LogP contribution < -0.4 is 4.72 Å². The average molecular weight is 348 g/mol. The third-order valence-electron chi connectivity index (χ3n) is 2.43. The van der Waals surface area contributed by atoms with Crippen molar-refractivity contribution in [2.45, 2.75) is 11.4 Å².